The highest BCUT2D eigenvalue weighted by atomic mass is 32.2. The Morgan fingerprint density at radius 3 is 2.78 bits per heavy atom. The van der Waals surface area contributed by atoms with E-state index in [4.69, 9.17) is 10.3 Å². The zero-order chi connectivity index (χ0) is 13.3. The SMILES string of the molecule is Cc1cc(CNS(=O)(=O)c2c(N)ncn2C)on1. The van der Waals surface area contributed by atoms with Crippen molar-refractivity contribution < 1.29 is 12.9 Å². The maximum absolute atomic E-state index is 12.0. The number of aromatic nitrogens is 3. The Hall–Kier alpha value is -1.87. The van der Waals surface area contributed by atoms with Crippen molar-refractivity contribution in [2.45, 2.75) is 18.5 Å². The van der Waals surface area contributed by atoms with E-state index in [1.807, 2.05) is 0 Å². The van der Waals surface area contributed by atoms with Crippen molar-refractivity contribution in [3.8, 4) is 0 Å². The van der Waals surface area contributed by atoms with Gasteiger partial charge in [0.2, 0.25) is 0 Å². The van der Waals surface area contributed by atoms with Crippen LogP contribution in [0.4, 0.5) is 5.82 Å². The van der Waals surface area contributed by atoms with Crippen LogP contribution in [0, 0.1) is 6.92 Å². The summed E-state index contributed by atoms with van der Waals surface area (Å²) in [5.74, 6) is 0.385. The number of sulfonamides is 1. The first-order chi connectivity index (χ1) is 8.40. The first-order valence-corrected chi connectivity index (χ1v) is 6.57. The molecule has 2 aromatic rings. The molecule has 2 rings (SSSR count). The van der Waals surface area contributed by atoms with E-state index in [0.717, 1.165) is 0 Å². The molecule has 3 N–H and O–H groups in total. The fourth-order valence-corrected chi connectivity index (χ4v) is 2.72. The lowest BCUT2D eigenvalue weighted by molar-refractivity contribution is 0.376. The lowest BCUT2D eigenvalue weighted by Gasteiger charge is -2.06. The molecular weight excluding hydrogens is 258 g/mol. The first-order valence-electron chi connectivity index (χ1n) is 5.09. The van der Waals surface area contributed by atoms with Crippen molar-refractivity contribution in [1.29, 1.82) is 0 Å². The third-order valence-corrected chi connectivity index (χ3v) is 3.81. The molecule has 2 aromatic heterocycles. The van der Waals surface area contributed by atoms with Crippen LogP contribution < -0.4 is 10.5 Å². The zero-order valence-corrected chi connectivity index (χ0v) is 10.7. The van der Waals surface area contributed by atoms with E-state index < -0.39 is 10.0 Å². The number of nitrogens with two attached hydrogens (primary N) is 1. The fourth-order valence-electron chi connectivity index (χ4n) is 1.50. The van der Waals surface area contributed by atoms with E-state index in [-0.39, 0.29) is 17.4 Å². The lowest BCUT2D eigenvalue weighted by atomic mass is 10.4. The Morgan fingerprint density at radius 1 is 1.56 bits per heavy atom. The number of aryl methyl sites for hydroxylation is 2. The molecule has 0 bridgehead atoms. The van der Waals surface area contributed by atoms with Crippen molar-refractivity contribution in [2.24, 2.45) is 7.05 Å². The van der Waals surface area contributed by atoms with Crippen molar-refractivity contribution >= 4 is 15.8 Å². The Bertz CT molecular complexity index is 638. The summed E-state index contributed by atoms with van der Waals surface area (Å²) in [6.07, 6.45) is 1.34. The van der Waals surface area contributed by atoms with Crippen LogP contribution in [0.1, 0.15) is 11.5 Å². The van der Waals surface area contributed by atoms with Gasteiger partial charge in [-0.2, -0.15) is 0 Å². The maximum atomic E-state index is 12.0. The Morgan fingerprint density at radius 2 is 2.28 bits per heavy atom. The van der Waals surface area contributed by atoms with Crippen LogP contribution in [0.3, 0.4) is 0 Å². The van der Waals surface area contributed by atoms with E-state index in [1.165, 1.54) is 10.9 Å². The van der Waals surface area contributed by atoms with Crippen molar-refractivity contribution in [2.75, 3.05) is 5.73 Å². The number of nitrogens with zero attached hydrogens (tertiary/aromatic N) is 3. The van der Waals surface area contributed by atoms with Crippen molar-refractivity contribution in [3.63, 3.8) is 0 Å². The number of anilines is 1. The van der Waals surface area contributed by atoms with Gasteiger partial charge < -0.3 is 14.8 Å². The van der Waals surface area contributed by atoms with Crippen molar-refractivity contribution in [1.82, 2.24) is 19.4 Å². The predicted octanol–water partition coefficient (Wildman–Crippen LogP) is -0.223. The van der Waals surface area contributed by atoms with E-state index in [0.29, 0.717) is 11.5 Å². The monoisotopic (exact) mass is 271 g/mol. The van der Waals surface area contributed by atoms with Crippen LogP contribution in [0.5, 0.6) is 0 Å². The van der Waals surface area contributed by atoms with Gasteiger partial charge in [0.05, 0.1) is 18.6 Å². The zero-order valence-electron chi connectivity index (χ0n) is 9.91. The number of rotatable bonds is 4. The van der Waals surface area contributed by atoms with Gasteiger partial charge in [0, 0.05) is 13.1 Å². The second-order valence-corrected chi connectivity index (χ2v) is 5.49. The predicted molar refractivity (Wildman–Crippen MR) is 62.9 cm³/mol. The van der Waals surface area contributed by atoms with Gasteiger partial charge in [-0.25, -0.2) is 18.1 Å². The van der Waals surface area contributed by atoms with E-state index in [9.17, 15) is 8.42 Å². The average molecular weight is 271 g/mol. The van der Waals surface area contributed by atoms with Gasteiger partial charge in [-0.05, 0) is 6.92 Å². The quantitative estimate of drug-likeness (QED) is 0.794. The van der Waals surface area contributed by atoms with Gasteiger partial charge in [-0.1, -0.05) is 5.16 Å². The maximum Gasteiger partial charge on any atom is 0.260 e. The molecule has 0 unspecified atom stereocenters. The molecule has 18 heavy (non-hydrogen) atoms. The molecule has 0 spiro atoms. The average Bonchev–Trinajstić information content (AvgIpc) is 2.83. The van der Waals surface area contributed by atoms with Gasteiger partial charge in [0.25, 0.3) is 10.0 Å². The molecule has 0 fully saturated rings. The van der Waals surface area contributed by atoms with Gasteiger partial charge in [0.15, 0.2) is 16.6 Å². The summed E-state index contributed by atoms with van der Waals surface area (Å²) in [4.78, 5) is 3.73. The van der Waals surface area contributed by atoms with Crippen LogP contribution in [0.15, 0.2) is 21.9 Å². The smallest absolute Gasteiger partial charge is 0.260 e. The molecule has 98 valence electrons. The minimum atomic E-state index is -3.73. The molecular formula is C9H13N5O3S. The molecule has 2 heterocycles. The fraction of sp³-hybridized carbons (Fsp3) is 0.333. The molecule has 0 amide bonds. The third-order valence-electron chi connectivity index (χ3n) is 2.28. The van der Waals surface area contributed by atoms with Crippen LogP contribution in [0.2, 0.25) is 0 Å². The largest absolute Gasteiger partial charge is 0.381 e. The normalized spacial score (nSPS) is 11.9. The molecule has 8 nitrogen and oxygen atoms in total. The standard InChI is InChI=1S/C9H13N5O3S/c1-6-3-7(17-13-6)4-12-18(15,16)9-8(10)11-5-14(9)2/h3,5,12H,4,10H2,1-2H3. The summed E-state index contributed by atoms with van der Waals surface area (Å²) >= 11 is 0. The summed E-state index contributed by atoms with van der Waals surface area (Å²) in [7, 11) is -2.18. The Labute approximate surface area is 104 Å². The van der Waals surface area contributed by atoms with Gasteiger partial charge >= 0.3 is 0 Å². The summed E-state index contributed by atoms with van der Waals surface area (Å²) in [5.41, 5.74) is 6.20. The summed E-state index contributed by atoms with van der Waals surface area (Å²) in [6.45, 7) is 1.76. The number of hydrogen-bond acceptors (Lipinski definition) is 6. The summed E-state index contributed by atoms with van der Waals surface area (Å²) in [5, 5.41) is 3.59. The molecule has 0 saturated carbocycles. The third kappa shape index (κ3) is 2.36. The molecule has 0 aliphatic carbocycles. The molecule has 0 atom stereocenters. The number of imidazole rings is 1. The summed E-state index contributed by atoms with van der Waals surface area (Å²) in [6, 6.07) is 1.65. The van der Waals surface area contributed by atoms with Crippen LogP contribution in [-0.2, 0) is 23.6 Å². The molecule has 0 aromatic carbocycles. The van der Waals surface area contributed by atoms with E-state index in [1.54, 1.807) is 20.0 Å². The highest BCUT2D eigenvalue weighted by molar-refractivity contribution is 7.89. The van der Waals surface area contributed by atoms with Gasteiger partial charge in [0.1, 0.15) is 0 Å². The van der Waals surface area contributed by atoms with E-state index in [2.05, 4.69) is 14.9 Å². The highest BCUT2D eigenvalue weighted by Crippen LogP contribution is 2.15. The van der Waals surface area contributed by atoms with Crippen LogP contribution >= 0.6 is 0 Å². The molecule has 0 radical (unpaired) electrons. The highest BCUT2D eigenvalue weighted by Gasteiger charge is 2.22. The lowest BCUT2D eigenvalue weighted by Crippen LogP contribution is -2.25. The minimum Gasteiger partial charge on any atom is -0.381 e. The topological polar surface area (TPSA) is 116 Å². The van der Waals surface area contributed by atoms with E-state index >= 15 is 0 Å². The van der Waals surface area contributed by atoms with Crippen molar-refractivity contribution in [3.05, 3.63) is 23.8 Å². The van der Waals surface area contributed by atoms with Crippen LogP contribution in [-0.4, -0.2) is 23.1 Å². The number of hydrogen-bond donors (Lipinski definition) is 2. The minimum absolute atomic E-state index is 0.00773. The summed E-state index contributed by atoms with van der Waals surface area (Å²) < 4.78 is 32.6. The molecule has 0 aliphatic rings. The number of nitrogen functional groups attached to an aromatic ring is 1. The second kappa shape index (κ2) is 4.42. The number of nitrogens with one attached hydrogen (secondary N) is 1. The Balaban J connectivity index is 2.18. The Kier molecular flexibility index (Phi) is 3.09. The molecule has 0 aliphatic heterocycles. The van der Waals surface area contributed by atoms with Gasteiger partial charge in [-0.15, -0.1) is 0 Å². The molecule has 0 saturated heterocycles. The van der Waals surface area contributed by atoms with Crippen LogP contribution in [0.25, 0.3) is 0 Å². The van der Waals surface area contributed by atoms with Gasteiger partial charge in [-0.3, -0.25) is 0 Å². The second-order valence-electron chi connectivity index (χ2n) is 3.81. The molecule has 9 heteroatoms. The first kappa shape index (κ1) is 12.6.